The van der Waals surface area contributed by atoms with Crippen LogP contribution in [0.4, 0.5) is 0 Å². The van der Waals surface area contributed by atoms with Gasteiger partial charge in [-0.1, -0.05) is 30.3 Å². The van der Waals surface area contributed by atoms with E-state index in [0.717, 1.165) is 16.9 Å². The van der Waals surface area contributed by atoms with E-state index in [1.54, 1.807) is 30.9 Å². The zero-order chi connectivity index (χ0) is 18.5. The van der Waals surface area contributed by atoms with Crippen LogP contribution in [0.25, 0.3) is 0 Å². The highest BCUT2D eigenvalue weighted by Gasteiger charge is 2.32. The Kier molecular flexibility index (Phi) is 5.56. The molecule has 1 unspecified atom stereocenters. The highest BCUT2D eigenvalue weighted by molar-refractivity contribution is 5.99. The van der Waals surface area contributed by atoms with Gasteiger partial charge in [0.25, 0.3) is 5.91 Å². The monoisotopic (exact) mass is 353 g/mol. The molecule has 5 nitrogen and oxygen atoms in total. The van der Waals surface area contributed by atoms with Crippen LogP contribution in [-0.4, -0.2) is 36.0 Å². The van der Waals surface area contributed by atoms with E-state index in [0.29, 0.717) is 31.7 Å². The molecule has 136 valence electrons. The summed E-state index contributed by atoms with van der Waals surface area (Å²) in [6.45, 7) is 4.75. The van der Waals surface area contributed by atoms with E-state index >= 15 is 0 Å². The smallest absolute Gasteiger partial charge is 0.328 e. The average molecular weight is 353 g/mol. The molecule has 1 heterocycles. The van der Waals surface area contributed by atoms with Crippen LogP contribution in [0.15, 0.2) is 48.5 Å². The van der Waals surface area contributed by atoms with Gasteiger partial charge in [-0.05, 0) is 49.6 Å². The van der Waals surface area contributed by atoms with Crippen molar-refractivity contribution < 1.29 is 19.1 Å². The maximum Gasteiger partial charge on any atom is 0.328 e. The van der Waals surface area contributed by atoms with Crippen molar-refractivity contribution in [1.29, 1.82) is 0 Å². The molecule has 0 spiro atoms. The molecule has 0 saturated heterocycles. The van der Waals surface area contributed by atoms with Crippen molar-refractivity contribution in [3.8, 4) is 5.75 Å². The Hall–Kier alpha value is -2.82. The summed E-state index contributed by atoms with van der Waals surface area (Å²) in [5.74, 6) is 0.237. The Balaban J connectivity index is 1.70. The van der Waals surface area contributed by atoms with Crippen molar-refractivity contribution in [1.82, 2.24) is 4.90 Å². The minimum Gasteiger partial charge on any atom is -0.489 e. The quantitative estimate of drug-likeness (QED) is 0.748. The number of benzene rings is 2. The maximum absolute atomic E-state index is 12.7. The predicted octanol–water partition coefficient (Wildman–Crippen LogP) is 3.22. The predicted molar refractivity (Wildman–Crippen MR) is 98.1 cm³/mol. The van der Waals surface area contributed by atoms with Crippen LogP contribution in [0.1, 0.15) is 35.3 Å². The summed E-state index contributed by atoms with van der Waals surface area (Å²) < 4.78 is 10.9. The molecule has 3 rings (SSSR count). The number of nitrogens with zero attached hydrogens (tertiary/aromatic N) is 1. The zero-order valence-corrected chi connectivity index (χ0v) is 15.1. The van der Waals surface area contributed by atoms with Gasteiger partial charge in [-0.2, -0.15) is 0 Å². The lowest BCUT2D eigenvalue weighted by atomic mass is 9.97. The van der Waals surface area contributed by atoms with E-state index in [1.165, 1.54) is 0 Å². The zero-order valence-electron chi connectivity index (χ0n) is 15.1. The molecule has 2 aromatic rings. The molecule has 1 amide bonds. The molecule has 0 saturated carbocycles. The van der Waals surface area contributed by atoms with Crippen LogP contribution in [0.5, 0.6) is 5.75 Å². The first-order chi connectivity index (χ1) is 12.6. The number of esters is 1. The number of hydrogen-bond acceptors (Lipinski definition) is 4. The molecule has 0 radical (unpaired) electrons. The van der Waals surface area contributed by atoms with Gasteiger partial charge in [0.2, 0.25) is 0 Å². The Morgan fingerprint density at radius 1 is 1.19 bits per heavy atom. The standard InChI is InChI=1S/C21H23NO4/c1-3-25-21(24)15(2)22-12-11-17-13-18(9-10-19(17)20(22)23)26-14-16-7-5-4-6-8-16/h4-10,13,15H,3,11-12,14H2,1-2H3. The van der Waals surface area contributed by atoms with Crippen LogP contribution in [0.3, 0.4) is 0 Å². The molecule has 0 aromatic heterocycles. The summed E-state index contributed by atoms with van der Waals surface area (Å²) in [5.41, 5.74) is 2.67. The van der Waals surface area contributed by atoms with Gasteiger partial charge < -0.3 is 14.4 Å². The fourth-order valence-electron chi connectivity index (χ4n) is 3.07. The molecule has 1 aliphatic rings. The Morgan fingerprint density at radius 2 is 1.96 bits per heavy atom. The molecule has 0 bridgehead atoms. The minimum absolute atomic E-state index is 0.138. The Morgan fingerprint density at radius 3 is 2.69 bits per heavy atom. The van der Waals surface area contributed by atoms with Crippen molar-refractivity contribution >= 4 is 11.9 Å². The molecule has 26 heavy (non-hydrogen) atoms. The van der Waals surface area contributed by atoms with Crippen LogP contribution >= 0.6 is 0 Å². The van der Waals surface area contributed by atoms with E-state index in [9.17, 15) is 9.59 Å². The van der Waals surface area contributed by atoms with E-state index in [1.807, 2.05) is 36.4 Å². The third-order valence-corrected chi connectivity index (χ3v) is 4.53. The van der Waals surface area contributed by atoms with E-state index in [4.69, 9.17) is 9.47 Å². The molecule has 0 aliphatic carbocycles. The second-order valence-corrected chi connectivity index (χ2v) is 6.27. The molecule has 0 N–H and O–H groups in total. The van der Waals surface area contributed by atoms with Gasteiger partial charge in [-0.3, -0.25) is 4.79 Å². The third-order valence-electron chi connectivity index (χ3n) is 4.53. The highest BCUT2D eigenvalue weighted by Crippen LogP contribution is 2.25. The summed E-state index contributed by atoms with van der Waals surface area (Å²) >= 11 is 0. The minimum atomic E-state index is -0.579. The summed E-state index contributed by atoms with van der Waals surface area (Å²) in [7, 11) is 0. The summed E-state index contributed by atoms with van der Waals surface area (Å²) in [6.07, 6.45) is 0.688. The number of hydrogen-bond donors (Lipinski definition) is 0. The van der Waals surface area contributed by atoms with Gasteiger partial charge in [0.15, 0.2) is 0 Å². The molecule has 0 fully saturated rings. The number of fused-ring (bicyclic) bond motifs is 1. The Labute approximate surface area is 153 Å². The van der Waals surface area contributed by atoms with Gasteiger partial charge >= 0.3 is 5.97 Å². The first kappa shape index (κ1) is 18.0. The number of carbonyl (C=O) groups excluding carboxylic acids is 2. The highest BCUT2D eigenvalue weighted by atomic mass is 16.5. The lowest BCUT2D eigenvalue weighted by Crippen LogP contribution is -2.47. The topological polar surface area (TPSA) is 55.8 Å². The first-order valence-corrected chi connectivity index (χ1v) is 8.87. The van der Waals surface area contributed by atoms with E-state index in [2.05, 4.69) is 0 Å². The molecular formula is C21H23NO4. The lowest BCUT2D eigenvalue weighted by molar-refractivity contribution is -0.148. The average Bonchev–Trinajstić information content (AvgIpc) is 2.67. The fraction of sp³-hybridized carbons (Fsp3) is 0.333. The van der Waals surface area contributed by atoms with Gasteiger partial charge in [0.05, 0.1) is 6.61 Å². The van der Waals surface area contributed by atoms with Crippen LogP contribution < -0.4 is 4.74 Å². The molecule has 5 heteroatoms. The molecular weight excluding hydrogens is 330 g/mol. The summed E-state index contributed by atoms with van der Waals surface area (Å²) in [5, 5.41) is 0. The lowest BCUT2D eigenvalue weighted by Gasteiger charge is -2.32. The van der Waals surface area contributed by atoms with Crippen LogP contribution in [0.2, 0.25) is 0 Å². The van der Waals surface area contributed by atoms with E-state index < -0.39 is 6.04 Å². The fourth-order valence-corrected chi connectivity index (χ4v) is 3.07. The first-order valence-electron chi connectivity index (χ1n) is 8.87. The number of ether oxygens (including phenoxy) is 2. The SMILES string of the molecule is CCOC(=O)C(C)N1CCc2cc(OCc3ccccc3)ccc2C1=O. The number of amides is 1. The second-order valence-electron chi connectivity index (χ2n) is 6.27. The normalized spacial score (nSPS) is 14.5. The van der Waals surface area contributed by atoms with Crippen LogP contribution in [-0.2, 0) is 22.6 Å². The summed E-state index contributed by atoms with van der Waals surface area (Å²) in [6, 6.07) is 14.9. The van der Waals surface area contributed by atoms with Crippen molar-refractivity contribution in [3.05, 3.63) is 65.2 Å². The Bertz CT molecular complexity index is 788. The van der Waals surface area contributed by atoms with Crippen molar-refractivity contribution in [3.63, 3.8) is 0 Å². The largest absolute Gasteiger partial charge is 0.489 e. The van der Waals surface area contributed by atoms with Gasteiger partial charge in [0, 0.05) is 12.1 Å². The van der Waals surface area contributed by atoms with Gasteiger partial charge in [0.1, 0.15) is 18.4 Å². The third kappa shape index (κ3) is 3.87. The second kappa shape index (κ2) is 8.04. The van der Waals surface area contributed by atoms with Gasteiger partial charge in [-0.15, -0.1) is 0 Å². The van der Waals surface area contributed by atoms with Crippen LogP contribution in [0, 0.1) is 0 Å². The molecule has 1 atom stereocenters. The van der Waals surface area contributed by atoms with E-state index in [-0.39, 0.29) is 11.9 Å². The van der Waals surface area contributed by atoms with Crippen molar-refractivity contribution in [2.24, 2.45) is 0 Å². The maximum atomic E-state index is 12.7. The number of rotatable bonds is 6. The summed E-state index contributed by atoms with van der Waals surface area (Å²) in [4.78, 5) is 26.2. The van der Waals surface area contributed by atoms with Crippen molar-refractivity contribution in [2.75, 3.05) is 13.2 Å². The van der Waals surface area contributed by atoms with Gasteiger partial charge in [-0.25, -0.2) is 4.79 Å². The molecule has 2 aromatic carbocycles. The van der Waals surface area contributed by atoms with Crippen molar-refractivity contribution in [2.45, 2.75) is 32.9 Å². The number of carbonyl (C=O) groups is 2. The molecule has 1 aliphatic heterocycles.